The van der Waals surface area contributed by atoms with Gasteiger partial charge in [0.15, 0.2) is 5.96 Å². The maximum atomic E-state index is 11.1. The minimum Gasteiger partial charge on any atom is -0.370 e. The first-order valence-corrected chi connectivity index (χ1v) is 8.24. The number of guanidine groups is 1. The van der Waals surface area contributed by atoms with Gasteiger partial charge in [-0.3, -0.25) is 9.79 Å². The molecule has 1 aliphatic rings. The van der Waals surface area contributed by atoms with Crippen LogP contribution < -0.4 is 11.1 Å². The van der Waals surface area contributed by atoms with Crippen LogP contribution in [0.15, 0.2) is 11.3 Å². The predicted molar refractivity (Wildman–Crippen MR) is 104 cm³/mol. The topological polar surface area (TPSA) is 101 Å². The van der Waals surface area contributed by atoms with E-state index in [1.807, 2.05) is 4.57 Å². The van der Waals surface area contributed by atoms with Gasteiger partial charge in [0.05, 0.1) is 0 Å². The van der Waals surface area contributed by atoms with Gasteiger partial charge in [0.1, 0.15) is 12.2 Å². The summed E-state index contributed by atoms with van der Waals surface area (Å²) in [5.74, 6) is 1.97. The van der Waals surface area contributed by atoms with Crippen molar-refractivity contribution in [2.24, 2.45) is 16.6 Å². The van der Waals surface area contributed by atoms with Gasteiger partial charge in [0.2, 0.25) is 5.91 Å². The number of amides is 1. The molecule has 0 radical (unpaired) electrons. The molecule has 3 N–H and O–H groups in total. The molecule has 1 aromatic heterocycles. The van der Waals surface area contributed by atoms with E-state index in [2.05, 4.69) is 32.3 Å². The first-order chi connectivity index (χ1) is 11.1. The van der Waals surface area contributed by atoms with Crippen LogP contribution in [0.3, 0.4) is 0 Å². The molecular formula is C15H28IN7O. The van der Waals surface area contributed by atoms with E-state index in [4.69, 9.17) is 5.73 Å². The van der Waals surface area contributed by atoms with Gasteiger partial charge in [-0.2, -0.15) is 0 Å². The molecule has 0 saturated carbocycles. The van der Waals surface area contributed by atoms with Crippen LogP contribution in [-0.4, -0.2) is 58.2 Å². The number of hydrogen-bond donors (Lipinski definition) is 2. The molecule has 9 heteroatoms. The molecule has 0 aromatic carbocycles. The molecule has 2 rings (SSSR count). The molecule has 0 bridgehead atoms. The van der Waals surface area contributed by atoms with Crippen molar-refractivity contribution in [3.05, 3.63) is 12.2 Å². The zero-order valence-electron chi connectivity index (χ0n) is 14.4. The average molecular weight is 449 g/mol. The largest absolute Gasteiger partial charge is 0.370 e. The quantitative estimate of drug-likeness (QED) is 0.377. The van der Waals surface area contributed by atoms with Crippen LogP contribution in [0.1, 0.15) is 32.0 Å². The number of piperidine rings is 1. The number of rotatable bonds is 6. The number of nitrogens with one attached hydrogen (secondary N) is 1. The molecule has 24 heavy (non-hydrogen) atoms. The van der Waals surface area contributed by atoms with E-state index in [0.29, 0.717) is 12.3 Å². The number of nitrogens with zero attached hydrogens (tertiary/aromatic N) is 5. The van der Waals surface area contributed by atoms with Gasteiger partial charge >= 0.3 is 0 Å². The molecule has 1 aliphatic heterocycles. The number of halogens is 1. The molecule has 1 unspecified atom stereocenters. The fourth-order valence-electron chi connectivity index (χ4n) is 3.07. The summed E-state index contributed by atoms with van der Waals surface area (Å²) in [6.07, 6.45) is 5.19. The van der Waals surface area contributed by atoms with Crippen LogP contribution in [-0.2, 0) is 17.8 Å². The minimum atomic E-state index is -0.223. The van der Waals surface area contributed by atoms with Gasteiger partial charge in [0.25, 0.3) is 0 Å². The van der Waals surface area contributed by atoms with Crippen molar-refractivity contribution in [2.45, 2.75) is 39.2 Å². The Labute approximate surface area is 160 Å². The summed E-state index contributed by atoms with van der Waals surface area (Å²) >= 11 is 0. The fraction of sp³-hybridized carbons (Fsp3) is 0.733. The van der Waals surface area contributed by atoms with E-state index < -0.39 is 0 Å². The van der Waals surface area contributed by atoms with Crippen molar-refractivity contribution in [1.29, 1.82) is 0 Å². The van der Waals surface area contributed by atoms with Gasteiger partial charge in [-0.25, -0.2) is 0 Å². The first kappa shape index (κ1) is 20.7. The summed E-state index contributed by atoms with van der Waals surface area (Å²) in [6.45, 7) is 5.42. The Kier molecular flexibility index (Phi) is 9.01. The number of primary amides is 1. The van der Waals surface area contributed by atoms with Gasteiger partial charge in [0, 0.05) is 46.1 Å². The monoisotopic (exact) mass is 449 g/mol. The number of aromatic nitrogens is 3. The van der Waals surface area contributed by atoms with Gasteiger partial charge in [-0.1, -0.05) is 6.92 Å². The Hall–Kier alpha value is -1.39. The third-order valence-electron chi connectivity index (χ3n) is 4.17. The third kappa shape index (κ3) is 5.91. The highest BCUT2D eigenvalue weighted by Gasteiger charge is 2.23. The Morgan fingerprint density at radius 3 is 3.00 bits per heavy atom. The lowest BCUT2D eigenvalue weighted by molar-refractivity contribution is -0.119. The SMILES string of the molecule is CCc1nncn1CCNC(=NC)N1CCCC(CC(N)=O)C1.I. The number of aryl methyl sites for hydroxylation is 1. The molecule has 0 spiro atoms. The molecule has 136 valence electrons. The van der Waals surface area contributed by atoms with E-state index in [1.165, 1.54) is 0 Å². The normalized spacial score (nSPS) is 18.2. The van der Waals surface area contributed by atoms with Crippen LogP contribution >= 0.6 is 24.0 Å². The van der Waals surface area contributed by atoms with E-state index in [-0.39, 0.29) is 29.9 Å². The molecular weight excluding hydrogens is 421 g/mol. The number of hydrogen-bond acceptors (Lipinski definition) is 4. The molecule has 0 aliphatic carbocycles. The smallest absolute Gasteiger partial charge is 0.217 e. The molecule has 8 nitrogen and oxygen atoms in total. The summed E-state index contributed by atoms with van der Waals surface area (Å²) in [7, 11) is 1.79. The summed E-state index contributed by atoms with van der Waals surface area (Å²) in [4.78, 5) is 17.7. The second kappa shape index (κ2) is 10.5. The number of carbonyl (C=O) groups is 1. The molecule has 2 heterocycles. The van der Waals surface area contributed by atoms with Crippen molar-refractivity contribution in [3.8, 4) is 0 Å². The zero-order valence-corrected chi connectivity index (χ0v) is 16.8. The van der Waals surface area contributed by atoms with E-state index in [9.17, 15) is 4.79 Å². The van der Waals surface area contributed by atoms with Crippen molar-refractivity contribution in [1.82, 2.24) is 25.0 Å². The summed E-state index contributed by atoms with van der Waals surface area (Å²) in [5, 5.41) is 11.4. The second-order valence-electron chi connectivity index (χ2n) is 5.89. The molecule has 1 fully saturated rings. The predicted octanol–water partition coefficient (Wildman–Crippen LogP) is 0.621. The molecule has 1 atom stereocenters. The number of nitrogens with two attached hydrogens (primary N) is 1. The van der Waals surface area contributed by atoms with Gasteiger partial charge in [-0.05, 0) is 18.8 Å². The van der Waals surface area contributed by atoms with Crippen molar-refractivity contribution >= 4 is 35.8 Å². The lowest BCUT2D eigenvalue weighted by Crippen LogP contribution is -2.47. The summed E-state index contributed by atoms with van der Waals surface area (Å²) < 4.78 is 2.05. The Morgan fingerprint density at radius 2 is 2.33 bits per heavy atom. The maximum Gasteiger partial charge on any atom is 0.217 e. The molecule has 1 saturated heterocycles. The van der Waals surface area contributed by atoms with Crippen LogP contribution in [0.2, 0.25) is 0 Å². The summed E-state index contributed by atoms with van der Waals surface area (Å²) in [6, 6.07) is 0. The number of carbonyl (C=O) groups excluding carboxylic acids is 1. The van der Waals surface area contributed by atoms with Crippen molar-refractivity contribution < 1.29 is 4.79 Å². The third-order valence-corrected chi connectivity index (χ3v) is 4.17. The standard InChI is InChI=1S/C15H27N7O.HI/c1-3-14-20-19-11-22(14)8-6-18-15(17-2)21-7-4-5-12(10-21)9-13(16)23;/h11-12H,3-10H2,1-2H3,(H2,16,23)(H,17,18);1H. The Morgan fingerprint density at radius 1 is 1.54 bits per heavy atom. The highest BCUT2D eigenvalue weighted by molar-refractivity contribution is 14.0. The average Bonchev–Trinajstić information content (AvgIpc) is 2.98. The minimum absolute atomic E-state index is 0. The van der Waals surface area contributed by atoms with Crippen LogP contribution in [0.4, 0.5) is 0 Å². The van der Waals surface area contributed by atoms with Gasteiger partial charge < -0.3 is 20.5 Å². The lowest BCUT2D eigenvalue weighted by Gasteiger charge is -2.34. The van der Waals surface area contributed by atoms with Gasteiger partial charge in [-0.15, -0.1) is 34.2 Å². The second-order valence-corrected chi connectivity index (χ2v) is 5.89. The van der Waals surface area contributed by atoms with E-state index in [0.717, 1.165) is 57.2 Å². The van der Waals surface area contributed by atoms with Crippen LogP contribution in [0.5, 0.6) is 0 Å². The van der Waals surface area contributed by atoms with Crippen molar-refractivity contribution in [2.75, 3.05) is 26.7 Å². The molecule has 1 amide bonds. The Bertz CT molecular complexity index is 546. The highest BCUT2D eigenvalue weighted by atomic mass is 127. The fourth-order valence-corrected chi connectivity index (χ4v) is 3.07. The Balaban J connectivity index is 0.00000288. The lowest BCUT2D eigenvalue weighted by atomic mass is 9.95. The van der Waals surface area contributed by atoms with Crippen LogP contribution in [0.25, 0.3) is 0 Å². The van der Waals surface area contributed by atoms with Crippen molar-refractivity contribution in [3.63, 3.8) is 0 Å². The first-order valence-electron chi connectivity index (χ1n) is 8.24. The number of likely N-dealkylation sites (tertiary alicyclic amines) is 1. The van der Waals surface area contributed by atoms with E-state index >= 15 is 0 Å². The summed E-state index contributed by atoms with van der Waals surface area (Å²) in [5.41, 5.74) is 5.32. The molecule has 1 aromatic rings. The van der Waals surface area contributed by atoms with Crippen LogP contribution in [0, 0.1) is 5.92 Å². The number of aliphatic imine (C=N–C) groups is 1. The van der Waals surface area contributed by atoms with E-state index in [1.54, 1.807) is 13.4 Å². The maximum absolute atomic E-state index is 11.1. The highest BCUT2D eigenvalue weighted by Crippen LogP contribution is 2.19. The zero-order chi connectivity index (χ0) is 16.7.